The van der Waals surface area contributed by atoms with Crippen molar-refractivity contribution in [3.63, 3.8) is 0 Å². The molecule has 0 heterocycles. The zero-order valence-corrected chi connectivity index (χ0v) is 26.2. The summed E-state index contributed by atoms with van der Waals surface area (Å²) in [5, 5.41) is 2.90. The summed E-state index contributed by atoms with van der Waals surface area (Å²) in [7, 11) is -4.10. The Hall–Kier alpha value is -3.17. The first-order valence-electron chi connectivity index (χ1n) is 13.4. The smallest absolute Gasteiger partial charge is 0.264 e. The third-order valence-corrected chi connectivity index (χ3v) is 8.96. The number of rotatable bonds is 12. The quantitative estimate of drug-likeness (QED) is 0.253. The van der Waals surface area contributed by atoms with Crippen LogP contribution in [0, 0.1) is 20.8 Å². The molecule has 0 bridgehead atoms. The van der Waals surface area contributed by atoms with E-state index in [9.17, 15) is 18.0 Å². The lowest BCUT2D eigenvalue weighted by molar-refractivity contribution is -0.139. The standard InChI is InChI=1S/C31H38BrN3O4S/c1-6-7-16-33-31(37)25(5)34(20-26-10-12-27(32)13-11-26)30(36)21-35(28-18-23(3)17-24(4)19-28)40(38,39)29-14-8-22(2)9-15-29/h8-15,17-19,25H,6-7,16,20-21H2,1-5H3,(H,33,37)/t25-/m0/s1. The van der Waals surface area contributed by atoms with E-state index in [1.165, 1.54) is 4.90 Å². The molecule has 3 rings (SSSR count). The molecule has 7 nitrogen and oxygen atoms in total. The summed E-state index contributed by atoms with van der Waals surface area (Å²) in [4.78, 5) is 28.6. The second kappa shape index (κ2) is 13.9. The van der Waals surface area contributed by atoms with Crippen LogP contribution in [-0.4, -0.2) is 44.3 Å². The summed E-state index contributed by atoms with van der Waals surface area (Å²) in [6.45, 7) is 9.57. The first-order valence-corrected chi connectivity index (χ1v) is 15.6. The minimum atomic E-state index is -4.10. The van der Waals surface area contributed by atoms with Crippen molar-refractivity contribution in [3.8, 4) is 0 Å². The minimum absolute atomic E-state index is 0.0925. The highest BCUT2D eigenvalue weighted by Crippen LogP contribution is 2.27. The van der Waals surface area contributed by atoms with Crippen LogP contribution < -0.4 is 9.62 Å². The van der Waals surface area contributed by atoms with E-state index < -0.39 is 28.5 Å². The molecule has 0 fully saturated rings. The predicted octanol–water partition coefficient (Wildman–Crippen LogP) is 5.90. The molecule has 3 aromatic rings. The lowest BCUT2D eigenvalue weighted by atomic mass is 10.1. The third kappa shape index (κ3) is 8.17. The second-order valence-corrected chi connectivity index (χ2v) is 12.9. The fraction of sp³-hybridized carbons (Fsp3) is 0.355. The van der Waals surface area contributed by atoms with Crippen LogP contribution in [0.3, 0.4) is 0 Å². The molecule has 0 aliphatic heterocycles. The highest BCUT2D eigenvalue weighted by Gasteiger charge is 2.32. The molecular weight excluding hydrogens is 590 g/mol. The summed E-state index contributed by atoms with van der Waals surface area (Å²) < 4.78 is 30.0. The molecule has 1 N–H and O–H groups in total. The average molecular weight is 629 g/mol. The van der Waals surface area contributed by atoms with E-state index in [1.807, 2.05) is 58.0 Å². The Kier molecular flexibility index (Phi) is 10.9. The molecule has 3 aromatic carbocycles. The van der Waals surface area contributed by atoms with Crippen molar-refractivity contribution < 1.29 is 18.0 Å². The normalized spacial score (nSPS) is 12.1. The average Bonchev–Trinajstić information content (AvgIpc) is 2.90. The number of hydrogen-bond acceptors (Lipinski definition) is 4. The molecule has 214 valence electrons. The van der Waals surface area contributed by atoms with Crippen LogP contribution in [0.5, 0.6) is 0 Å². The Morgan fingerprint density at radius 1 is 0.900 bits per heavy atom. The molecule has 0 spiro atoms. The van der Waals surface area contributed by atoms with Crippen molar-refractivity contribution in [2.24, 2.45) is 0 Å². The maximum Gasteiger partial charge on any atom is 0.264 e. The SMILES string of the molecule is CCCCNC(=O)[C@H](C)N(Cc1ccc(Br)cc1)C(=O)CN(c1cc(C)cc(C)c1)S(=O)(=O)c1ccc(C)cc1. The van der Waals surface area contributed by atoms with Crippen LogP contribution >= 0.6 is 15.9 Å². The largest absolute Gasteiger partial charge is 0.354 e. The molecule has 40 heavy (non-hydrogen) atoms. The van der Waals surface area contributed by atoms with Gasteiger partial charge >= 0.3 is 0 Å². The van der Waals surface area contributed by atoms with Gasteiger partial charge < -0.3 is 10.2 Å². The molecule has 0 saturated carbocycles. The number of unbranched alkanes of at least 4 members (excludes halogenated alkanes) is 1. The summed E-state index contributed by atoms with van der Waals surface area (Å²) in [6, 6.07) is 18.7. The molecule has 0 aromatic heterocycles. The van der Waals surface area contributed by atoms with Gasteiger partial charge in [0.25, 0.3) is 10.0 Å². The molecule has 0 saturated heterocycles. The zero-order valence-electron chi connectivity index (χ0n) is 23.8. The fourth-order valence-electron chi connectivity index (χ4n) is 4.37. The van der Waals surface area contributed by atoms with Gasteiger partial charge in [0.05, 0.1) is 10.6 Å². The number of carbonyl (C=O) groups excluding carboxylic acids is 2. The van der Waals surface area contributed by atoms with Crippen molar-refractivity contribution in [1.29, 1.82) is 0 Å². The maximum absolute atomic E-state index is 14.0. The van der Waals surface area contributed by atoms with Crippen LogP contribution in [0.2, 0.25) is 0 Å². The number of nitrogens with zero attached hydrogens (tertiary/aromatic N) is 2. The number of nitrogens with one attached hydrogen (secondary N) is 1. The number of amides is 2. The van der Waals surface area contributed by atoms with Gasteiger partial charge in [-0.25, -0.2) is 8.42 Å². The number of carbonyl (C=O) groups is 2. The van der Waals surface area contributed by atoms with Gasteiger partial charge in [0.2, 0.25) is 11.8 Å². The van der Waals surface area contributed by atoms with E-state index in [4.69, 9.17) is 0 Å². The van der Waals surface area contributed by atoms with Crippen molar-refractivity contribution in [3.05, 3.63) is 93.5 Å². The Bertz CT molecular complexity index is 1400. The monoisotopic (exact) mass is 627 g/mol. The van der Waals surface area contributed by atoms with Gasteiger partial charge in [-0.3, -0.25) is 13.9 Å². The molecule has 2 amide bonds. The van der Waals surface area contributed by atoms with Crippen LogP contribution in [0.15, 0.2) is 76.1 Å². The molecule has 0 unspecified atom stereocenters. The molecule has 0 radical (unpaired) electrons. The van der Waals surface area contributed by atoms with Crippen molar-refractivity contribution in [1.82, 2.24) is 10.2 Å². The molecule has 0 aliphatic carbocycles. The van der Waals surface area contributed by atoms with Gasteiger partial charge in [-0.05, 0) is 87.2 Å². The highest BCUT2D eigenvalue weighted by molar-refractivity contribution is 9.10. The predicted molar refractivity (Wildman–Crippen MR) is 164 cm³/mol. The lowest BCUT2D eigenvalue weighted by Gasteiger charge is -2.32. The number of halogens is 1. The highest BCUT2D eigenvalue weighted by atomic mass is 79.9. The number of hydrogen-bond donors (Lipinski definition) is 1. The van der Waals surface area contributed by atoms with E-state index in [2.05, 4.69) is 21.2 Å². The van der Waals surface area contributed by atoms with Crippen LogP contribution in [-0.2, 0) is 26.2 Å². The Morgan fingerprint density at radius 2 is 1.50 bits per heavy atom. The van der Waals surface area contributed by atoms with Crippen molar-refractivity contribution >= 4 is 43.5 Å². The summed E-state index contributed by atoms with van der Waals surface area (Å²) in [6.07, 6.45) is 1.76. The van der Waals surface area contributed by atoms with Gasteiger partial charge in [-0.2, -0.15) is 0 Å². The molecular formula is C31H38BrN3O4S. The number of anilines is 1. The summed E-state index contributed by atoms with van der Waals surface area (Å²) >= 11 is 3.43. The van der Waals surface area contributed by atoms with E-state index in [0.29, 0.717) is 12.2 Å². The van der Waals surface area contributed by atoms with Gasteiger partial charge in [0.15, 0.2) is 0 Å². The Morgan fingerprint density at radius 3 is 2.08 bits per heavy atom. The van der Waals surface area contributed by atoms with E-state index in [1.54, 1.807) is 43.3 Å². The van der Waals surface area contributed by atoms with E-state index in [0.717, 1.165) is 43.9 Å². The zero-order chi connectivity index (χ0) is 29.4. The van der Waals surface area contributed by atoms with Crippen molar-refractivity contribution in [2.45, 2.75) is 64.9 Å². The first kappa shape index (κ1) is 31.4. The van der Waals surface area contributed by atoms with Crippen LogP contribution in [0.25, 0.3) is 0 Å². The topological polar surface area (TPSA) is 86.8 Å². The van der Waals surface area contributed by atoms with Crippen LogP contribution in [0.1, 0.15) is 48.9 Å². The summed E-state index contributed by atoms with van der Waals surface area (Å²) in [5.74, 6) is -0.755. The van der Waals surface area contributed by atoms with Gasteiger partial charge in [-0.15, -0.1) is 0 Å². The lowest BCUT2D eigenvalue weighted by Crippen LogP contribution is -2.51. The summed E-state index contributed by atoms with van der Waals surface area (Å²) in [5.41, 5.74) is 3.90. The first-order chi connectivity index (χ1) is 18.9. The molecule has 0 aliphatic rings. The Labute approximate surface area is 246 Å². The Balaban J connectivity index is 2.03. The van der Waals surface area contributed by atoms with Gasteiger partial charge in [-0.1, -0.05) is 65.2 Å². The third-order valence-electron chi connectivity index (χ3n) is 6.65. The van der Waals surface area contributed by atoms with Gasteiger partial charge in [0.1, 0.15) is 12.6 Å². The second-order valence-electron chi connectivity index (χ2n) is 10.1. The van der Waals surface area contributed by atoms with Gasteiger partial charge in [0, 0.05) is 17.6 Å². The van der Waals surface area contributed by atoms with Crippen molar-refractivity contribution in [2.75, 3.05) is 17.4 Å². The van der Waals surface area contributed by atoms with E-state index >= 15 is 0 Å². The number of aryl methyl sites for hydroxylation is 3. The molecule has 9 heteroatoms. The molecule has 1 atom stereocenters. The van der Waals surface area contributed by atoms with Crippen LogP contribution in [0.4, 0.5) is 5.69 Å². The minimum Gasteiger partial charge on any atom is -0.354 e. The fourth-order valence-corrected chi connectivity index (χ4v) is 6.03. The number of sulfonamides is 1. The maximum atomic E-state index is 14.0. The number of benzene rings is 3. The van der Waals surface area contributed by atoms with E-state index in [-0.39, 0.29) is 17.3 Å².